The van der Waals surface area contributed by atoms with Gasteiger partial charge in [0, 0.05) is 12.5 Å². The van der Waals surface area contributed by atoms with Gasteiger partial charge in [-0.05, 0) is 19.3 Å². The molecule has 1 amide bonds. The Labute approximate surface area is 78.0 Å². The normalized spacial score (nSPS) is 19.2. The molecule has 0 radical (unpaired) electrons. The Bertz CT molecular complexity index is 168. The van der Waals surface area contributed by atoms with Gasteiger partial charge in [0.1, 0.15) is 0 Å². The van der Waals surface area contributed by atoms with Crippen molar-refractivity contribution in [1.82, 2.24) is 5.32 Å². The van der Waals surface area contributed by atoms with E-state index in [1.165, 1.54) is 0 Å². The highest BCUT2D eigenvalue weighted by molar-refractivity contribution is 5.79. The maximum absolute atomic E-state index is 11.2. The molecular weight excluding hydrogens is 170 g/mol. The molecule has 1 fully saturated rings. The van der Waals surface area contributed by atoms with Crippen LogP contribution in [0.25, 0.3) is 0 Å². The molecule has 1 rings (SSSR count). The van der Waals surface area contributed by atoms with Crippen LogP contribution < -0.4 is 5.32 Å². The molecule has 1 atom stereocenters. The van der Waals surface area contributed by atoms with Gasteiger partial charge in [-0.1, -0.05) is 6.42 Å². The van der Waals surface area contributed by atoms with Crippen LogP contribution in [0.3, 0.4) is 0 Å². The number of nitrogens with one attached hydrogen (secondary N) is 1. The molecule has 1 aliphatic rings. The molecule has 0 aliphatic heterocycles. The SMILES string of the molecule is O=C(NCCC(O)CO)C1CCC1. The third kappa shape index (κ3) is 3.32. The molecule has 0 saturated heterocycles. The lowest BCUT2D eigenvalue weighted by molar-refractivity contribution is -0.127. The Kier molecular flexibility index (Phi) is 4.18. The van der Waals surface area contributed by atoms with E-state index < -0.39 is 6.10 Å². The summed E-state index contributed by atoms with van der Waals surface area (Å²) in [6.45, 7) is 0.219. The predicted molar refractivity (Wildman–Crippen MR) is 48.1 cm³/mol. The summed E-state index contributed by atoms with van der Waals surface area (Å²) in [5.41, 5.74) is 0. The lowest BCUT2D eigenvalue weighted by Gasteiger charge is -2.24. The van der Waals surface area contributed by atoms with Crippen LogP contribution in [-0.4, -0.2) is 35.4 Å². The molecule has 0 heterocycles. The van der Waals surface area contributed by atoms with Crippen LogP contribution >= 0.6 is 0 Å². The zero-order valence-electron chi connectivity index (χ0n) is 7.70. The molecule has 0 aromatic rings. The van der Waals surface area contributed by atoms with Crippen LogP contribution in [0.5, 0.6) is 0 Å². The summed E-state index contributed by atoms with van der Waals surface area (Å²) in [6, 6.07) is 0. The second kappa shape index (κ2) is 5.19. The van der Waals surface area contributed by atoms with Gasteiger partial charge in [-0.2, -0.15) is 0 Å². The van der Waals surface area contributed by atoms with Gasteiger partial charge in [0.05, 0.1) is 12.7 Å². The third-order valence-electron chi connectivity index (χ3n) is 2.46. The first-order valence-electron chi connectivity index (χ1n) is 4.80. The van der Waals surface area contributed by atoms with Gasteiger partial charge in [0.2, 0.25) is 5.91 Å². The molecule has 4 nitrogen and oxygen atoms in total. The second-order valence-corrected chi connectivity index (χ2v) is 3.54. The van der Waals surface area contributed by atoms with E-state index in [-0.39, 0.29) is 18.4 Å². The lowest BCUT2D eigenvalue weighted by atomic mass is 9.85. The Morgan fingerprint density at radius 3 is 2.69 bits per heavy atom. The molecule has 3 N–H and O–H groups in total. The number of rotatable bonds is 5. The zero-order chi connectivity index (χ0) is 9.68. The summed E-state index contributed by atoms with van der Waals surface area (Å²) in [5.74, 6) is 0.294. The van der Waals surface area contributed by atoms with E-state index in [1.54, 1.807) is 0 Å². The van der Waals surface area contributed by atoms with E-state index in [4.69, 9.17) is 10.2 Å². The first-order chi connectivity index (χ1) is 6.24. The summed E-state index contributed by atoms with van der Waals surface area (Å²) >= 11 is 0. The van der Waals surface area contributed by atoms with Crippen LogP contribution in [0.4, 0.5) is 0 Å². The van der Waals surface area contributed by atoms with Crippen LogP contribution in [0.2, 0.25) is 0 Å². The average Bonchev–Trinajstić information content (AvgIpc) is 2.01. The van der Waals surface area contributed by atoms with Gasteiger partial charge in [-0.3, -0.25) is 4.79 Å². The molecule has 13 heavy (non-hydrogen) atoms. The zero-order valence-corrected chi connectivity index (χ0v) is 7.70. The fourth-order valence-electron chi connectivity index (χ4n) is 1.27. The summed E-state index contributed by atoms with van der Waals surface area (Å²) in [4.78, 5) is 11.2. The maximum atomic E-state index is 11.2. The maximum Gasteiger partial charge on any atom is 0.223 e. The molecule has 1 aliphatic carbocycles. The van der Waals surface area contributed by atoms with Crippen molar-refractivity contribution in [2.75, 3.05) is 13.2 Å². The molecule has 0 aromatic heterocycles. The van der Waals surface area contributed by atoms with Crippen molar-refractivity contribution in [2.24, 2.45) is 5.92 Å². The largest absolute Gasteiger partial charge is 0.394 e. The Balaban J connectivity index is 2.01. The number of amides is 1. The number of hydrogen-bond donors (Lipinski definition) is 3. The van der Waals surface area contributed by atoms with E-state index in [0.29, 0.717) is 13.0 Å². The van der Waals surface area contributed by atoms with E-state index in [2.05, 4.69) is 5.32 Å². The number of carbonyl (C=O) groups is 1. The van der Waals surface area contributed by atoms with Gasteiger partial charge in [0.25, 0.3) is 0 Å². The summed E-state index contributed by atoms with van der Waals surface area (Å²) in [5, 5.41) is 20.2. The second-order valence-electron chi connectivity index (χ2n) is 3.54. The summed E-state index contributed by atoms with van der Waals surface area (Å²) in [7, 11) is 0. The molecular formula is C9H17NO3. The monoisotopic (exact) mass is 187 g/mol. The molecule has 1 unspecified atom stereocenters. The number of aliphatic hydroxyl groups excluding tert-OH is 2. The van der Waals surface area contributed by atoms with Gasteiger partial charge in [0.15, 0.2) is 0 Å². The molecule has 76 valence electrons. The molecule has 1 saturated carbocycles. The van der Waals surface area contributed by atoms with E-state index in [0.717, 1.165) is 19.3 Å². The Morgan fingerprint density at radius 1 is 1.54 bits per heavy atom. The topological polar surface area (TPSA) is 69.6 Å². The van der Waals surface area contributed by atoms with Crippen LogP contribution in [0, 0.1) is 5.92 Å². The number of aliphatic hydroxyl groups is 2. The van der Waals surface area contributed by atoms with Crippen molar-refractivity contribution in [3.63, 3.8) is 0 Å². The minimum absolute atomic E-state index is 0.0939. The summed E-state index contributed by atoms with van der Waals surface area (Å²) < 4.78 is 0. The van der Waals surface area contributed by atoms with Crippen molar-refractivity contribution >= 4 is 5.91 Å². The highest BCUT2D eigenvalue weighted by atomic mass is 16.3. The quantitative estimate of drug-likeness (QED) is 0.551. The van der Waals surface area contributed by atoms with Crippen molar-refractivity contribution in [3.05, 3.63) is 0 Å². The van der Waals surface area contributed by atoms with Crippen molar-refractivity contribution in [2.45, 2.75) is 31.8 Å². The van der Waals surface area contributed by atoms with Gasteiger partial charge in [-0.25, -0.2) is 0 Å². The van der Waals surface area contributed by atoms with E-state index in [1.807, 2.05) is 0 Å². The smallest absolute Gasteiger partial charge is 0.223 e. The molecule has 4 heteroatoms. The molecule has 0 aromatic carbocycles. The fourth-order valence-corrected chi connectivity index (χ4v) is 1.27. The first-order valence-corrected chi connectivity index (χ1v) is 4.80. The lowest BCUT2D eigenvalue weighted by Crippen LogP contribution is -2.36. The van der Waals surface area contributed by atoms with Crippen LogP contribution in [0.15, 0.2) is 0 Å². The molecule has 0 spiro atoms. The van der Waals surface area contributed by atoms with Crippen molar-refractivity contribution in [1.29, 1.82) is 0 Å². The Morgan fingerprint density at radius 2 is 2.23 bits per heavy atom. The predicted octanol–water partition coefficient (Wildman–Crippen LogP) is -0.354. The summed E-state index contributed by atoms with van der Waals surface area (Å²) in [6.07, 6.45) is 2.86. The first kappa shape index (κ1) is 10.5. The van der Waals surface area contributed by atoms with E-state index in [9.17, 15) is 4.79 Å². The average molecular weight is 187 g/mol. The highest BCUT2D eigenvalue weighted by Crippen LogP contribution is 2.25. The Hall–Kier alpha value is -0.610. The van der Waals surface area contributed by atoms with Crippen LogP contribution in [0.1, 0.15) is 25.7 Å². The highest BCUT2D eigenvalue weighted by Gasteiger charge is 2.24. The third-order valence-corrected chi connectivity index (χ3v) is 2.46. The van der Waals surface area contributed by atoms with Gasteiger partial charge < -0.3 is 15.5 Å². The van der Waals surface area contributed by atoms with Crippen molar-refractivity contribution < 1.29 is 15.0 Å². The number of carbonyl (C=O) groups excluding carboxylic acids is 1. The minimum atomic E-state index is -0.707. The van der Waals surface area contributed by atoms with Crippen LogP contribution in [-0.2, 0) is 4.79 Å². The van der Waals surface area contributed by atoms with Gasteiger partial charge >= 0.3 is 0 Å². The van der Waals surface area contributed by atoms with E-state index >= 15 is 0 Å². The number of hydrogen-bond acceptors (Lipinski definition) is 3. The molecule has 0 bridgehead atoms. The van der Waals surface area contributed by atoms with Gasteiger partial charge in [-0.15, -0.1) is 0 Å². The fraction of sp³-hybridized carbons (Fsp3) is 0.889. The standard InChI is InChI=1S/C9H17NO3/c11-6-8(12)4-5-10-9(13)7-2-1-3-7/h7-8,11-12H,1-6H2,(H,10,13). The van der Waals surface area contributed by atoms with Crippen molar-refractivity contribution in [3.8, 4) is 0 Å². The minimum Gasteiger partial charge on any atom is -0.394 e.